The fraction of sp³-hybridized carbons (Fsp3) is 0.333. The van der Waals surface area contributed by atoms with E-state index >= 15 is 0 Å². The molecular weight excluding hydrogens is 172 g/mol. The highest BCUT2D eigenvalue weighted by atomic mass is 28.3. The number of rotatable bonds is 5. The van der Waals surface area contributed by atoms with E-state index in [9.17, 15) is 0 Å². The lowest BCUT2D eigenvalue weighted by Crippen LogP contribution is -2.27. The van der Waals surface area contributed by atoms with Crippen molar-refractivity contribution in [1.29, 1.82) is 0 Å². The van der Waals surface area contributed by atoms with Gasteiger partial charge in [-0.2, -0.15) is 0 Å². The molecule has 1 radical (unpaired) electrons. The lowest BCUT2D eigenvalue weighted by Gasteiger charge is -2.09. The van der Waals surface area contributed by atoms with Crippen LogP contribution in [0.4, 0.5) is 0 Å². The van der Waals surface area contributed by atoms with Crippen molar-refractivity contribution in [3.63, 3.8) is 0 Å². The van der Waals surface area contributed by atoms with Crippen LogP contribution < -0.4 is 5.19 Å². The van der Waals surface area contributed by atoms with Crippen LogP contribution in [0.5, 0.6) is 0 Å². The van der Waals surface area contributed by atoms with E-state index in [4.69, 9.17) is 0 Å². The first-order valence-electron chi connectivity index (χ1n) is 4.92. The number of hydrogen-bond acceptors (Lipinski definition) is 0. The molecule has 1 aromatic carbocycles. The molecule has 1 aromatic rings. The quantitative estimate of drug-likeness (QED) is 0.625. The normalized spacial score (nSPS) is 10.3. The van der Waals surface area contributed by atoms with Gasteiger partial charge >= 0.3 is 0 Å². The summed E-state index contributed by atoms with van der Waals surface area (Å²) in [4.78, 5) is 0. The Morgan fingerprint density at radius 1 is 1.31 bits per heavy atom. The highest BCUT2D eigenvalue weighted by molar-refractivity contribution is 6.77. The molecule has 13 heavy (non-hydrogen) atoms. The minimum absolute atomic E-state index is 0.460. The number of unbranched alkanes of at least 4 members (excludes halogenated alkanes) is 1. The molecule has 0 aliphatic rings. The van der Waals surface area contributed by atoms with Crippen molar-refractivity contribution in [2.45, 2.75) is 25.8 Å². The van der Waals surface area contributed by atoms with Crippen molar-refractivity contribution >= 4 is 14.0 Å². The number of benzene rings is 1. The van der Waals surface area contributed by atoms with Gasteiger partial charge in [-0.25, -0.2) is 0 Å². The summed E-state index contributed by atoms with van der Waals surface area (Å²) in [5.41, 5.74) is 2.16. The zero-order valence-electron chi connectivity index (χ0n) is 8.29. The third-order valence-electron chi connectivity index (χ3n) is 2.19. The average Bonchev–Trinajstić information content (AvgIpc) is 2.21. The van der Waals surface area contributed by atoms with Gasteiger partial charge in [0.25, 0.3) is 0 Å². The summed E-state index contributed by atoms with van der Waals surface area (Å²) in [7, 11) is -0.460. The van der Waals surface area contributed by atoms with E-state index in [1.807, 2.05) is 0 Å². The molecule has 0 aliphatic heterocycles. The van der Waals surface area contributed by atoms with Gasteiger partial charge in [0.05, 0.1) is 0 Å². The third kappa shape index (κ3) is 3.19. The summed E-state index contributed by atoms with van der Waals surface area (Å²) in [5.74, 6) is 0. The fourth-order valence-electron chi connectivity index (χ4n) is 1.38. The van der Waals surface area contributed by atoms with Gasteiger partial charge in [0.2, 0.25) is 0 Å². The van der Waals surface area contributed by atoms with E-state index in [1.54, 1.807) is 0 Å². The van der Waals surface area contributed by atoms with E-state index in [2.05, 4.69) is 49.5 Å². The Morgan fingerprint density at radius 3 is 2.54 bits per heavy atom. The second-order valence-electron chi connectivity index (χ2n) is 3.20. The van der Waals surface area contributed by atoms with Gasteiger partial charge < -0.3 is 0 Å². The van der Waals surface area contributed by atoms with Crippen LogP contribution in [0.15, 0.2) is 42.6 Å². The van der Waals surface area contributed by atoms with Gasteiger partial charge in [0.15, 0.2) is 0 Å². The SMILES string of the molecule is C=C[Si](CCCC)c1ccccc1. The third-order valence-corrected chi connectivity index (χ3v) is 4.65. The summed E-state index contributed by atoms with van der Waals surface area (Å²) in [5, 5.41) is 1.50. The van der Waals surface area contributed by atoms with E-state index in [0.29, 0.717) is 0 Å². The zero-order chi connectivity index (χ0) is 9.52. The molecule has 0 spiro atoms. The molecule has 0 aliphatic carbocycles. The predicted molar refractivity (Wildman–Crippen MR) is 61.7 cm³/mol. The summed E-state index contributed by atoms with van der Waals surface area (Å²) in [6.07, 6.45) is 2.62. The molecule has 0 amide bonds. The highest BCUT2D eigenvalue weighted by Gasteiger charge is 2.07. The minimum atomic E-state index is -0.460. The topological polar surface area (TPSA) is 0 Å². The van der Waals surface area contributed by atoms with Crippen molar-refractivity contribution < 1.29 is 0 Å². The van der Waals surface area contributed by atoms with Crippen molar-refractivity contribution in [2.24, 2.45) is 0 Å². The van der Waals surface area contributed by atoms with Gasteiger partial charge in [-0.3, -0.25) is 0 Å². The number of hydrogen-bond donors (Lipinski definition) is 0. The first-order valence-corrected chi connectivity index (χ1v) is 6.70. The minimum Gasteiger partial charge on any atom is -0.107 e. The summed E-state index contributed by atoms with van der Waals surface area (Å²) >= 11 is 0. The fourth-order valence-corrected chi connectivity index (χ4v) is 3.47. The van der Waals surface area contributed by atoms with Crippen LogP contribution in [-0.2, 0) is 0 Å². The standard InChI is InChI=1S/C12H17Si/c1-3-5-11-13(4-2)12-9-7-6-8-10-12/h4,6-10H,2-3,5,11H2,1H3. The monoisotopic (exact) mass is 189 g/mol. The lowest BCUT2D eigenvalue weighted by molar-refractivity contribution is 0.878. The zero-order valence-corrected chi connectivity index (χ0v) is 9.29. The van der Waals surface area contributed by atoms with Gasteiger partial charge in [0, 0.05) is 0 Å². The van der Waals surface area contributed by atoms with Crippen LogP contribution in [0, 0.1) is 0 Å². The van der Waals surface area contributed by atoms with Gasteiger partial charge in [0.1, 0.15) is 8.80 Å². The summed E-state index contributed by atoms with van der Waals surface area (Å²) in [6.45, 7) is 6.18. The molecule has 1 heteroatoms. The van der Waals surface area contributed by atoms with Crippen molar-refractivity contribution in [2.75, 3.05) is 0 Å². The van der Waals surface area contributed by atoms with Crippen LogP contribution in [0.25, 0.3) is 0 Å². The Hall–Kier alpha value is -0.823. The summed E-state index contributed by atoms with van der Waals surface area (Å²) < 4.78 is 0. The molecule has 0 nitrogen and oxygen atoms in total. The molecule has 0 heterocycles. The molecule has 69 valence electrons. The van der Waals surface area contributed by atoms with Gasteiger partial charge in [-0.15, -0.1) is 6.58 Å². The molecule has 0 bridgehead atoms. The first-order chi connectivity index (χ1) is 6.38. The summed E-state index contributed by atoms with van der Waals surface area (Å²) in [6, 6.07) is 12.1. The van der Waals surface area contributed by atoms with E-state index < -0.39 is 8.80 Å². The Morgan fingerprint density at radius 2 is 2.00 bits per heavy atom. The van der Waals surface area contributed by atoms with Crippen LogP contribution in [0.3, 0.4) is 0 Å². The maximum absolute atomic E-state index is 3.94. The Labute approximate surface area is 82.9 Å². The van der Waals surface area contributed by atoms with Crippen LogP contribution in [0.1, 0.15) is 19.8 Å². The van der Waals surface area contributed by atoms with Crippen LogP contribution >= 0.6 is 0 Å². The van der Waals surface area contributed by atoms with Crippen molar-refractivity contribution in [1.82, 2.24) is 0 Å². The highest BCUT2D eigenvalue weighted by Crippen LogP contribution is 2.02. The second-order valence-corrected chi connectivity index (χ2v) is 5.74. The molecule has 0 saturated carbocycles. The average molecular weight is 189 g/mol. The molecule has 0 saturated heterocycles. The van der Waals surface area contributed by atoms with Gasteiger partial charge in [-0.1, -0.05) is 67.0 Å². The molecule has 0 atom stereocenters. The van der Waals surface area contributed by atoms with Crippen molar-refractivity contribution in [3.05, 3.63) is 42.6 Å². The van der Waals surface area contributed by atoms with Crippen molar-refractivity contribution in [3.8, 4) is 0 Å². The smallest absolute Gasteiger partial charge is 0.107 e. The van der Waals surface area contributed by atoms with Crippen LogP contribution in [0.2, 0.25) is 6.04 Å². The van der Waals surface area contributed by atoms with E-state index in [1.165, 1.54) is 24.1 Å². The second kappa shape index (κ2) is 5.76. The molecule has 0 N–H and O–H groups in total. The predicted octanol–water partition coefficient (Wildman–Crippen LogP) is 2.91. The molecule has 1 rings (SSSR count). The first kappa shape index (κ1) is 10.3. The van der Waals surface area contributed by atoms with E-state index in [0.717, 1.165) is 0 Å². The molecular formula is C12H17Si. The van der Waals surface area contributed by atoms with Crippen LogP contribution in [-0.4, -0.2) is 8.80 Å². The molecule has 0 aromatic heterocycles. The van der Waals surface area contributed by atoms with E-state index in [-0.39, 0.29) is 0 Å². The largest absolute Gasteiger partial charge is 0.112 e. The Bertz CT molecular complexity index is 241. The molecule has 0 fully saturated rings. The van der Waals surface area contributed by atoms with Gasteiger partial charge in [-0.05, 0) is 0 Å². The maximum atomic E-state index is 3.94. The molecule has 0 unspecified atom stereocenters. The lowest BCUT2D eigenvalue weighted by atomic mass is 10.4. The Kier molecular flexibility index (Phi) is 4.55. The Balaban J connectivity index is 2.61. The maximum Gasteiger partial charge on any atom is 0.112 e.